The van der Waals surface area contributed by atoms with Gasteiger partial charge >= 0.3 is 0 Å². The highest BCUT2D eigenvalue weighted by molar-refractivity contribution is 5.77. The van der Waals surface area contributed by atoms with Crippen molar-refractivity contribution in [2.24, 2.45) is 0 Å². The summed E-state index contributed by atoms with van der Waals surface area (Å²) in [6.45, 7) is 0.604. The lowest BCUT2D eigenvalue weighted by Crippen LogP contribution is -2.01. The molecule has 2 heterocycles. The Morgan fingerprint density at radius 3 is 2.38 bits per heavy atom. The summed E-state index contributed by atoms with van der Waals surface area (Å²) in [5.41, 5.74) is 7.08. The number of hydrogen-bond donors (Lipinski definition) is 2. The van der Waals surface area contributed by atoms with Crippen molar-refractivity contribution in [1.82, 2.24) is 14.5 Å². The van der Waals surface area contributed by atoms with E-state index in [1.165, 1.54) is 12.1 Å². The predicted molar refractivity (Wildman–Crippen MR) is 118 cm³/mol. The lowest BCUT2D eigenvalue weighted by molar-refractivity contribution is 0.389. The van der Waals surface area contributed by atoms with E-state index in [9.17, 15) is 14.0 Å². The Kier molecular flexibility index (Phi) is 5.09. The van der Waals surface area contributed by atoms with E-state index in [2.05, 4.69) is 15.4 Å². The van der Waals surface area contributed by atoms with Crippen LogP contribution in [-0.4, -0.2) is 19.7 Å². The van der Waals surface area contributed by atoms with Gasteiger partial charge in [0.1, 0.15) is 5.69 Å². The fourth-order valence-electron chi connectivity index (χ4n) is 3.68. The third-order valence-electron chi connectivity index (χ3n) is 5.30. The van der Waals surface area contributed by atoms with Crippen LogP contribution in [0.15, 0.2) is 85.2 Å². The fourth-order valence-corrected chi connectivity index (χ4v) is 3.68. The summed E-state index contributed by atoms with van der Waals surface area (Å²) < 4.78 is 29.6. The van der Waals surface area contributed by atoms with Crippen molar-refractivity contribution in [3.05, 3.63) is 102 Å². The third kappa shape index (κ3) is 3.70. The molecular formula is C25H18F2N4O. The maximum absolute atomic E-state index is 14.1. The first-order chi connectivity index (χ1) is 15.6. The van der Waals surface area contributed by atoms with Crippen molar-refractivity contribution in [3.63, 3.8) is 0 Å². The normalized spacial score (nSPS) is 11.1. The van der Waals surface area contributed by atoms with Crippen LogP contribution in [0.1, 0.15) is 5.56 Å². The molecule has 0 atom stereocenters. The molecule has 7 heteroatoms. The average molecular weight is 428 g/mol. The van der Waals surface area contributed by atoms with Gasteiger partial charge in [0.15, 0.2) is 17.5 Å². The maximum atomic E-state index is 14.1. The van der Waals surface area contributed by atoms with Gasteiger partial charge in [-0.2, -0.15) is 0 Å². The molecule has 0 aromatic heterocycles. The summed E-state index contributed by atoms with van der Waals surface area (Å²) in [5, 5.41) is 9.32. The zero-order valence-corrected chi connectivity index (χ0v) is 16.8. The Balaban J connectivity index is 1.40. The molecule has 0 amide bonds. The van der Waals surface area contributed by atoms with Gasteiger partial charge in [0.2, 0.25) is 0 Å². The number of anilines is 1. The number of imidazole rings is 1. The minimum Gasteiger partial charge on any atom is -0.348 e. The molecule has 2 N–H and O–H groups in total. The first kappa shape index (κ1) is 19.8. The van der Waals surface area contributed by atoms with Gasteiger partial charge in [0.25, 0.3) is 0 Å². The molecular weight excluding hydrogens is 410 g/mol. The van der Waals surface area contributed by atoms with Crippen LogP contribution < -0.4 is 5.48 Å². The second-order valence-electron chi connectivity index (χ2n) is 7.39. The number of para-hydroxylation sites is 1. The number of nitrogens with zero attached hydrogens (tertiary/aromatic N) is 3. The zero-order valence-electron chi connectivity index (χ0n) is 16.8. The van der Waals surface area contributed by atoms with Crippen LogP contribution in [-0.2, 0) is 6.54 Å². The van der Waals surface area contributed by atoms with E-state index in [4.69, 9.17) is 0 Å². The molecule has 0 saturated carbocycles. The number of nitrogens with one attached hydrogen (secondary N) is 1. The molecule has 0 spiro atoms. The number of hydrogen-bond acceptors (Lipinski definition) is 4. The quantitative estimate of drug-likeness (QED) is 0.345. The van der Waals surface area contributed by atoms with Gasteiger partial charge in [-0.25, -0.2) is 18.7 Å². The summed E-state index contributed by atoms with van der Waals surface area (Å²) in [7, 11) is 0. The summed E-state index contributed by atoms with van der Waals surface area (Å²) in [6, 6.07) is 21.3. The van der Waals surface area contributed by atoms with E-state index in [1.807, 2.05) is 59.4 Å². The number of benzene rings is 3. The van der Waals surface area contributed by atoms with E-state index in [0.717, 1.165) is 22.8 Å². The molecule has 3 aromatic carbocycles. The predicted octanol–water partition coefficient (Wildman–Crippen LogP) is 5.84. The Morgan fingerprint density at radius 2 is 1.56 bits per heavy atom. The van der Waals surface area contributed by atoms with E-state index in [1.54, 1.807) is 12.1 Å². The molecule has 2 aliphatic rings. The van der Waals surface area contributed by atoms with Crippen molar-refractivity contribution in [2.75, 3.05) is 5.48 Å². The van der Waals surface area contributed by atoms with Gasteiger partial charge in [0.05, 0.1) is 16.9 Å². The zero-order chi connectivity index (χ0) is 22.1. The van der Waals surface area contributed by atoms with Gasteiger partial charge in [-0.1, -0.05) is 48.5 Å². The van der Waals surface area contributed by atoms with Crippen LogP contribution in [0.25, 0.3) is 33.9 Å². The lowest BCUT2D eigenvalue weighted by atomic mass is 10.0. The maximum Gasteiger partial charge on any atom is 0.169 e. The highest BCUT2D eigenvalue weighted by Crippen LogP contribution is 2.29. The summed E-state index contributed by atoms with van der Waals surface area (Å²) >= 11 is 0. The minimum absolute atomic E-state index is 0.0426. The van der Waals surface area contributed by atoms with Gasteiger partial charge in [-0.15, -0.1) is 0 Å². The molecule has 3 aromatic rings. The van der Waals surface area contributed by atoms with E-state index in [-0.39, 0.29) is 11.4 Å². The Bertz CT molecular complexity index is 1360. The van der Waals surface area contributed by atoms with Crippen LogP contribution in [0, 0.1) is 11.6 Å². The second-order valence-corrected chi connectivity index (χ2v) is 7.39. The van der Waals surface area contributed by atoms with E-state index < -0.39 is 11.6 Å². The van der Waals surface area contributed by atoms with Gasteiger partial charge in [-0.05, 0) is 35.4 Å². The molecule has 0 fully saturated rings. The summed E-state index contributed by atoms with van der Waals surface area (Å²) in [5.74, 6) is -1.71. The second kappa shape index (κ2) is 8.20. The standard InChI is InChI=1S/C25H18F2N4O/c26-20-6-3-5-19(24(20)27)25-28-22-12-13-31(15-23(22)29-25)14-16-8-10-17(11-9-16)18-4-1-2-7-21(18)30-32/h1-13,15,30,32H,14H2. The summed E-state index contributed by atoms with van der Waals surface area (Å²) in [4.78, 5) is 8.73. The molecule has 0 radical (unpaired) electrons. The van der Waals surface area contributed by atoms with Crippen LogP contribution in [0.2, 0.25) is 0 Å². The van der Waals surface area contributed by atoms with Crippen LogP contribution >= 0.6 is 0 Å². The van der Waals surface area contributed by atoms with E-state index >= 15 is 0 Å². The molecule has 0 saturated heterocycles. The molecule has 0 aliphatic carbocycles. The highest BCUT2D eigenvalue weighted by atomic mass is 19.2. The van der Waals surface area contributed by atoms with Gasteiger partial charge in [-0.3, -0.25) is 10.7 Å². The number of rotatable bonds is 5. The molecule has 32 heavy (non-hydrogen) atoms. The largest absolute Gasteiger partial charge is 0.348 e. The number of halogens is 2. The molecule has 5 rings (SSSR count). The number of pyridine rings is 1. The minimum atomic E-state index is -0.950. The highest BCUT2D eigenvalue weighted by Gasteiger charge is 2.17. The lowest BCUT2D eigenvalue weighted by Gasteiger charge is -2.11. The summed E-state index contributed by atoms with van der Waals surface area (Å²) in [6.07, 6.45) is 3.71. The first-order valence-corrected chi connectivity index (χ1v) is 9.99. The van der Waals surface area contributed by atoms with Gasteiger partial charge in [0, 0.05) is 24.5 Å². The molecule has 0 bridgehead atoms. The number of fused-ring (bicyclic) bond motifs is 1. The van der Waals surface area contributed by atoms with Crippen molar-refractivity contribution < 1.29 is 14.0 Å². The van der Waals surface area contributed by atoms with Crippen molar-refractivity contribution >= 4 is 5.69 Å². The topological polar surface area (TPSA) is 63.0 Å². The molecule has 158 valence electrons. The molecule has 0 unspecified atom stereocenters. The monoisotopic (exact) mass is 428 g/mol. The van der Waals surface area contributed by atoms with Crippen LogP contribution in [0.3, 0.4) is 0 Å². The molecule has 5 nitrogen and oxygen atoms in total. The average Bonchev–Trinajstić information content (AvgIpc) is 3.24. The Labute approximate surface area is 182 Å². The van der Waals surface area contributed by atoms with Gasteiger partial charge < -0.3 is 4.57 Å². The van der Waals surface area contributed by atoms with Crippen molar-refractivity contribution in [3.8, 4) is 33.9 Å². The van der Waals surface area contributed by atoms with Crippen molar-refractivity contribution in [2.45, 2.75) is 6.54 Å². The third-order valence-corrected chi connectivity index (χ3v) is 5.30. The van der Waals surface area contributed by atoms with E-state index in [0.29, 0.717) is 23.6 Å². The van der Waals surface area contributed by atoms with Crippen molar-refractivity contribution in [1.29, 1.82) is 0 Å². The Morgan fingerprint density at radius 1 is 0.812 bits per heavy atom. The van der Waals surface area contributed by atoms with Crippen LogP contribution in [0.5, 0.6) is 0 Å². The SMILES string of the molecule is ONc1ccccc1-c1ccc(Cn2ccc3nc(-c4cccc(F)c4F)nc-3c2)cc1. The smallest absolute Gasteiger partial charge is 0.169 e. The van der Waals surface area contributed by atoms with Crippen LogP contribution in [0.4, 0.5) is 14.5 Å². The number of aromatic nitrogens is 3. The fraction of sp³-hybridized carbons (Fsp3) is 0.0400. The first-order valence-electron chi connectivity index (χ1n) is 9.99. The Hall–Kier alpha value is -4.10. The molecule has 2 aliphatic heterocycles.